The second kappa shape index (κ2) is 9.35. The summed E-state index contributed by atoms with van der Waals surface area (Å²) in [7, 11) is -4.48. The molecule has 2 saturated carbocycles. The van der Waals surface area contributed by atoms with E-state index in [1.807, 2.05) is 0 Å². The minimum Gasteiger partial charge on any atom is -0.458 e. The number of carbonyl (C=O) groups excluding carboxylic acids is 3. The van der Waals surface area contributed by atoms with Crippen LogP contribution in [0.3, 0.4) is 0 Å². The van der Waals surface area contributed by atoms with Gasteiger partial charge in [-0.25, -0.2) is 4.79 Å². The van der Waals surface area contributed by atoms with Crippen LogP contribution >= 0.6 is 22.6 Å². The van der Waals surface area contributed by atoms with Crippen molar-refractivity contribution in [3.05, 3.63) is 56.7 Å². The standard InChI is InChI=1S/C26H25IO9S/c1-11(2)15-10-18(12(3)8-19(15)37(31,32)33)34-25(29)20-16-9-17-21(20)26(30)36-23(17)22(16)35-24(28)13-4-6-14(27)7-5-13/h4-8,10-11,16-17,20-23H,9H2,1-3H3,(H,31,32,33). The number of esters is 3. The molecule has 2 aromatic rings. The third kappa shape index (κ3) is 4.54. The fourth-order valence-electron chi connectivity index (χ4n) is 5.88. The van der Waals surface area contributed by atoms with E-state index in [1.54, 1.807) is 45.0 Å². The Labute approximate surface area is 227 Å². The number of carbonyl (C=O) groups is 3. The van der Waals surface area contributed by atoms with E-state index in [0.717, 1.165) is 3.57 Å². The predicted octanol–water partition coefficient (Wildman–Crippen LogP) is 3.91. The van der Waals surface area contributed by atoms with Crippen LogP contribution in [0.15, 0.2) is 41.3 Å². The van der Waals surface area contributed by atoms with Crippen LogP contribution in [-0.2, 0) is 29.2 Å². The van der Waals surface area contributed by atoms with Crippen LogP contribution in [0, 0.1) is 34.2 Å². The Bertz CT molecular complexity index is 1400. The molecule has 5 rings (SSSR count). The molecule has 9 nitrogen and oxygen atoms in total. The molecule has 0 radical (unpaired) electrons. The smallest absolute Gasteiger partial charge is 0.338 e. The molecule has 6 atom stereocenters. The quantitative estimate of drug-likeness (QED) is 0.216. The first-order chi connectivity index (χ1) is 17.4. The van der Waals surface area contributed by atoms with E-state index in [9.17, 15) is 27.4 Å². The SMILES string of the molecule is Cc1cc(S(=O)(=O)O)c(C(C)C)cc1OC(=O)C1C2CC3C(OC(=O)C31)C2OC(=O)c1ccc(I)cc1. The van der Waals surface area contributed by atoms with Gasteiger partial charge < -0.3 is 14.2 Å². The first-order valence-electron chi connectivity index (χ1n) is 11.9. The molecule has 1 saturated heterocycles. The van der Waals surface area contributed by atoms with Crippen LogP contribution in [0.25, 0.3) is 0 Å². The van der Waals surface area contributed by atoms with Gasteiger partial charge in [-0.3, -0.25) is 14.1 Å². The Kier molecular flexibility index (Phi) is 6.60. The van der Waals surface area contributed by atoms with E-state index in [0.29, 0.717) is 23.1 Å². The molecule has 11 heteroatoms. The Morgan fingerprint density at radius 2 is 1.81 bits per heavy atom. The van der Waals surface area contributed by atoms with Gasteiger partial charge in [0.25, 0.3) is 10.1 Å². The van der Waals surface area contributed by atoms with E-state index < -0.39 is 58.0 Å². The number of aryl methyl sites for hydroxylation is 1. The molecule has 0 spiro atoms. The zero-order chi connectivity index (χ0) is 26.8. The third-order valence-corrected chi connectivity index (χ3v) is 9.19. The molecular formula is C26H25IO9S. The van der Waals surface area contributed by atoms with Crippen molar-refractivity contribution in [3.8, 4) is 5.75 Å². The van der Waals surface area contributed by atoms with Crippen LogP contribution < -0.4 is 4.74 Å². The molecule has 2 aromatic carbocycles. The van der Waals surface area contributed by atoms with Gasteiger partial charge in [-0.05, 0) is 89.4 Å². The number of benzene rings is 2. The molecule has 196 valence electrons. The summed E-state index contributed by atoms with van der Waals surface area (Å²) in [5, 5.41) is 0. The van der Waals surface area contributed by atoms with Crippen molar-refractivity contribution in [3.63, 3.8) is 0 Å². The minimum atomic E-state index is -4.48. The fourth-order valence-corrected chi connectivity index (χ4v) is 7.16. The molecule has 2 aliphatic carbocycles. The lowest BCUT2D eigenvalue weighted by Gasteiger charge is -2.30. The van der Waals surface area contributed by atoms with Crippen molar-refractivity contribution in [1.29, 1.82) is 0 Å². The van der Waals surface area contributed by atoms with Gasteiger partial charge in [-0.1, -0.05) is 13.8 Å². The monoisotopic (exact) mass is 640 g/mol. The average Bonchev–Trinajstić information content (AvgIpc) is 3.43. The highest BCUT2D eigenvalue weighted by atomic mass is 127. The predicted molar refractivity (Wildman–Crippen MR) is 138 cm³/mol. The van der Waals surface area contributed by atoms with Crippen molar-refractivity contribution in [2.45, 2.75) is 50.2 Å². The summed E-state index contributed by atoms with van der Waals surface area (Å²) in [6.45, 7) is 5.07. The van der Waals surface area contributed by atoms with Crippen LogP contribution in [0.4, 0.5) is 0 Å². The van der Waals surface area contributed by atoms with Crippen molar-refractivity contribution in [2.24, 2.45) is 23.7 Å². The average molecular weight is 640 g/mol. The highest BCUT2D eigenvalue weighted by Gasteiger charge is 2.70. The molecule has 1 aliphatic heterocycles. The van der Waals surface area contributed by atoms with Crippen molar-refractivity contribution in [2.75, 3.05) is 0 Å². The number of hydrogen-bond donors (Lipinski definition) is 1. The van der Waals surface area contributed by atoms with Gasteiger partial charge in [0.1, 0.15) is 18.0 Å². The Hall–Kier alpha value is -2.51. The summed E-state index contributed by atoms with van der Waals surface area (Å²) in [6.07, 6.45) is -0.877. The summed E-state index contributed by atoms with van der Waals surface area (Å²) in [5.41, 5.74) is 0.995. The Morgan fingerprint density at radius 1 is 1.14 bits per heavy atom. The fraction of sp³-hybridized carbons (Fsp3) is 0.423. The third-order valence-electron chi connectivity index (χ3n) is 7.56. The summed E-state index contributed by atoms with van der Waals surface area (Å²) in [4.78, 5) is 38.7. The lowest BCUT2D eigenvalue weighted by molar-refractivity contribution is -0.149. The van der Waals surface area contributed by atoms with E-state index >= 15 is 0 Å². The molecule has 0 amide bonds. The number of rotatable bonds is 6. The van der Waals surface area contributed by atoms with Gasteiger partial charge in [0, 0.05) is 15.4 Å². The first-order valence-corrected chi connectivity index (χ1v) is 14.4. The maximum absolute atomic E-state index is 13.5. The van der Waals surface area contributed by atoms with E-state index in [4.69, 9.17) is 14.2 Å². The van der Waals surface area contributed by atoms with Gasteiger partial charge in [0.2, 0.25) is 0 Å². The molecule has 6 unspecified atom stereocenters. The maximum atomic E-state index is 13.5. The molecular weight excluding hydrogens is 615 g/mol. The van der Waals surface area contributed by atoms with Crippen molar-refractivity contribution in [1.82, 2.24) is 0 Å². The van der Waals surface area contributed by atoms with Crippen LogP contribution in [0.5, 0.6) is 5.75 Å². The van der Waals surface area contributed by atoms with Gasteiger partial charge in [0.05, 0.1) is 22.3 Å². The van der Waals surface area contributed by atoms with Crippen LogP contribution in [-0.4, -0.2) is 43.1 Å². The topological polar surface area (TPSA) is 133 Å². The lowest BCUT2D eigenvalue weighted by Crippen LogP contribution is -2.44. The van der Waals surface area contributed by atoms with Crippen molar-refractivity contribution >= 4 is 50.6 Å². The van der Waals surface area contributed by atoms with E-state index in [1.165, 1.54) is 12.1 Å². The number of fused-ring (bicyclic) bond motifs is 1. The highest BCUT2D eigenvalue weighted by Crippen LogP contribution is 2.59. The number of ether oxygens (including phenoxy) is 3. The van der Waals surface area contributed by atoms with Crippen LogP contribution in [0.2, 0.25) is 0 Å². The molecule has 0 aromatic heterocycles. The van der Waals surface area contributed by atoms with Gasteiger partial charge in [0.15, 0.2) is 0 Å². The van der Waals surface area contributed by atoms with Crippen LogP contribution in [0.1, 0.15) is 47.7 Å². The number of hydrogen-bond acceptors (Lipinski definition) is 8. The zero-order valence-electron chi connectivity index (χ0n) is 20.2. The minimum absolute atomic E-state index is 0.138. The normalized spacial score (nSPS) is 27.9. The summed E-state index contributed by atoms with van der Waals surface area (Å²) in [5.74, 6) is -4.12. The Morgan fingerprint density at radius 3 is 2.43 bits per heavy atom. The second-order valence-electron chi connectivity index (χ2n) is 10.1. The summed E-state index contributed by atoms with van der Waals surface area (Å²) in [6, 6.07) is 9.56. The van der Waals surface area contributed by atoms with Crippen molar-refractivity contribution < 1.29 is 41.6 Å². The summed E-state index contributed by atoms with van der Waals surface area (Å²) >= 11 is 2.13. The van der Waals surface area contributed by atoms with E-state index in [2.05, 4.69) is 22.6 Å². The molecule has 3 aliphatic rings. The van der Waals surface area contributed by atoms with Gasteiger partial charge >= 0.3 is 17.9 Å². The molecule has 1 heterocycles. The van der Waals surface area contributed by atoms with E-state index in [-0.39, 0.29) is 22.5 Å². The Balaban J connectivity index is 1.41. The largest absolute Gasteiger partial charge is 0.458 e. The zero-order valence-corrected chi connectivity index (χ0v) is 23.2. The highest BCUT2D eigenvalue weighted by molar-refractivity contribution is 14.1. The molecule has 2 bridgehead atoms. The maximum Gasteiger partial charge on any atom is 0.338 e. The first kappa shape index (κ1) is 26.1. The lowest BCUT2D eigenvalue weighted by atomic mass is 9.78. The van der Waals surface area contributed by atoms with Gasteiger partial charge in [-0.15, -0.1) is 0 Å². The molecule has 37 heavy (non-hydrogen) atoms. The van der Waals surface area contributed by atoms with Gasteiger partial charge in [-0.2, -0.15) is 8.42 Å². The molecule has 3 fully saturated rings. The summed E-state index contributed by atoms with van der Waals surface area (Å²) < 4.78 is 51.4. The number of halogens is 1. The molecule has 1 N–H and O–H groups in total. The second-order valence-corrected chi connectivity index (χ2v) is 12.7.